The normalized spacial score (nSPS) is 24.7. The molecule has 1 N–H and O–H groups in total. The zero-order valence-electron chi connectivity index (χ0n) is 15.8. The smallest absolute Gasteiger partial charge is 0.151 e. The highest BCUT2D eigenvalue weighted by Crippen LogP contribution is 2.34. The number of H-pyrrole nitrogens is 1. The van der Waals surface area contributed by atoms with Crippen molar-refractivity contribution < 1.29 is 0 Å². The third-order valence-electron chi connectivity index (χ3n) is 6.86. The Morgan fingerprint density at radius 1 is 1.00 bits per heavy atom. The van der Waals surface area contributed by atoms with Gasteiger partial charge in [-0.15, -0.1) is 10.2 Å². The number of nitrogens with zero attached hydrogens (tertiary/aromatic N) is 4. The number of aromatic nitrogens is 3. The molecule has 2 aromatic heterocycles. The number of benzene rings is 1. The van der Waals surface area contributed by atoms with E-state index in [1.807, 2.05) is 0 Å². The number of rotatable bonds is 2. The van der Waals surface area contributed by atoms with Gasteiger partial charge >= 0.3 is 0 Å². The van der Waals surface area contributed by atoms with Gasteiger partial charge in [-0.3, -0.25) is 0 Å². The standard InChI is InChI=1S/C22H25N5/c1-26-11-15-12-27(13-21(15)26)22-9-8-18(24-25-22)14-6-7-20-17(10-14)16-4-2-3-5-19(16)23-20/h6-10,15,21,23H,2-5,11-13H2,1H3/t15-,21+/m0/s1. The molecule has 138 valence electrons. The second kappa shape index (κ2) is 5.80. The summed E-state index contributed by atoms with van der Waals surface area (Å²) in [4.78, 5) is 8.45. The summed E-state index contributed by atoms with van der Waals surface area (Å²) < 4.78 is 0. The summed E-state index contributed by atoms with van der Waals surface area (Å²) in [5.74, 6) is 1.82. The van der Waals surface area contributed by atoms with Gasteiger partial charge < -0.3 is 14.8 Å². The molecule has 6 rings (SSSR count). The molecule has 4 heterocycles. The lowest BCUT2D eigenvalue weighted by atomic mass is 9.93. The number of fused-ring (bicyclic) bond motifs is 4. The number of aromatic amines is 1. The molecule has 3 aromatic rings. The predicted octanol–water partition coefficient (Wildman–Crippen LogP) is 3.25. The van der Waals surface area contributed by atoms with Crippen LogP contribution in [0.3, 0.4) is 0 Å². The van der Waals surface area contributed by atoms with Crippen molar-refractivity contribution in [3.63, 3.8) is 0 Å². The summed E-state index contributed by atoms with van der Waals surface area (Å²) in [5.41, 5.74) is 6.33. The topological polar surface area (TPSA) is 48.0 Å². The van der Waals surface area contributed by atoms with Crippen LogP contribution in [0.15, 0.2) is 30.3 Å². The SMILES string of the molecule is CN1C[C@H]2CN(c3ccc(-c4ccc5[nH]c6c(c5c4)CCCC6)nn3)C[C@H]21. The molecular formula is C22H25N5. The predicted molar refractivity (Wildman–Crippen MR) is 108 cm³/mol. The summed E-state index contributed by atoms with van der Waals surface area (Å²) in [5, 5.41) is 10.5. The Morgan fingerprint density at radius 2 is 1.93 bits per heavy atom. The first-order chi connectivity index (χ1) is 13.3. The van der Waals surface area contributed by atoms with E-state index in [0.717, 1.165) is 36.1 Å². The lowest BCUT2D eigenvalue weighted by Crippen LogP contribution is -2.52. The number of nitrogens with one attached hydrogen (secondary N) is 1. The van der Waals surface area contributed by atoms with Crippen molar-refractivity contribution >= 4 is 16.7 Å². The van der Waals surface area contributed by atoms with Gasteiger partial charge in [0.15, 0.2) is 5.82 Å². The van der Waals surface area contributed by atoms with Crippen LogP contribution in [0.4, 0.5) is 5.82 Å². The first kappa shape index (κ1) is 15.6. The fourth-order valence-corrected chi connectivity index (χ4v) is 5.30. The third kappa shape index (κ3) is 2.41. The summed E-state index contributed by atoms with van der Waals surface area (Å²) in [6.45, 7) is 3.41. The Kier molecular flexibility index (Phi) is 3.36. The van der Waals surface area contributed by atoms with Crippen molar-refractivity contribution in [3.05, 3.63) is 41.6 Å². The fourth-order valence-electron chi connectivity index (χ4n) is 5.30. The van der Waals surface area contributed by atoms with Crippen LogP contribution in [0.2, 0.25) is 0 Å². The maximum absolute atomic E-state index is 4.57. The minimum atomic E-state index is 0.702. The fraction of sp³-hybridized carbons (Fsp3) is 0.455. The van der Waals surface area contributed by atoms with E-state index in [1.165, 1.54) is 54.4 Å². The van der Waals surface area contributed by atoms with Crippen LogP contribution < -0.4 is 4.90 Å². The van der Waals surface area contributed by atoms with Crippen LogP contribution in [0.5, 0.6) is 0 Å². The zero-order chi connectivity index (χ0) is 18.0. The van der Waals surface area contributed by atoms with E-state index in [1.54, 1.807) is 0 Å². The number of likely N-dealkylation sites (N-methyl/N-ethyl adjacent to an activating group) is 1. The Balaban J connectivity index is 1.30. The van der Waals surface area contributed by atoms with Gasteiger partial charge in [0.2, 0.25) is 0 Å². The van der Waals surface area contributed by atoms with Crippen LogP contribution in [-0.2, 0) is 12.8 Å². The quantitative estimate of drug-likeness (QED) is 0.763. The van der Waals surface area contributed by atoms with Crippen molar-refractivity contribution in [1.29, 1.82) is 0 Å². The maximum Gasteiger partial charge on any atom is 0.151 e. The number of likely N-dealkylation sites (tertiary alicyclic amines) is 1. The second-order valence-corrected chi connectivity index (χ2v) is 8.50. The monoisotopic (exact) mass is 359 g/mol. The molecule has 2 aliphatic heterocycles. The Hall–Kier alpha value is -2.40. The summed E-state index contributed by atoms with van der Waals surface area (Å²) in [7, 11) is 2.22. The van der Waals surface area contributed by atoms with Crippen LogP contribution >= 0.6 is 0 Å². The molecule has 0 saturated carbocycles. The van der Waals surface area contributed by atoms with E-state index in [0.29, 0.717) is 6.04 Å². The highest BCUT2D eigenvalue weighted by molar-refractivity contribution is 5.89. The zero-order valence-corrected chi connectivity index (χ0v) is 15.8. The molecule has 1 aliphatic carbocycles. The molecule has 5 nitrogen and oxygen atoms in total. The molecule has 0 spiro atoms. The number of aryl methyl sites for hydroxylation is 2. The highest BCUT2D eigenvalue weighted by atomic mass is 15.3. The van der Waals surface area contributed by atoms with E-state index >= 15 is 0 Å². The molecule has 5 heteroatoms. The highest BCUT2D eigenvalue weighted by Gasteiger charge is 2.43. The van der Waals surface area contributed by atoms with Crippen molar-refractivity contribution in [3.8, 4) is 11.3 Å². The van der Waals surface area contributed by atoms with Gasteiger partial charge in [0.1, 0.15) is 0 Å². The van der Waals surface area contributed by atoms with Gasteiger partial charge in [-0.25, -0.2) is 0 Å². The molecule has 0 amide bonds. The lowest BCUT2D eigenvalue weighted by molar-refractivity contribution is 0.0827. The van der Waals surface area contributed by atoms with Crippen molar-refractivity contribution in [1.82, 2.24) is 20.1 Å². The van der Waals surface area contributed by atoms with Crippen LogP contribution in [-0.4, -0.2) is 52.8 Å². The molecule has 0 unspecified atom stereocenters. The molecule has 0 bridgehead atoms. The van der Waals surface area contributed by atoms with E-state index in [4.69, 9.17) is 0 Å². The summed E-state index contributed by atoms with van der Waals surface area (Å²) in [6, 6.07) is 11.6. The Labute approximate surface area is 159 Å². The first-order valence-corrected chi connectivity index (χ1v) is 10.2. The molecule has 0 radical (unpaired) electrons. The van der Waals surface area contributed by atoms with Gasteiger partial charge in [-0.2, -0.15) is 0 Å². The Morgan fingerprint density at radius 3 is 2.74 bits per heavy atom. The van der Waals surface area contributed by atoms with Crippen LogP contribution in [0, 0.1) is 5.92 Å². The molecule has 27 heavy (non-hydrogen) atoms. The average Bonchev–Trinajstić information content (AvgIpc) is 3.25. The molecule has 2 fully saturated rings. The number of hydrogen-bond donors (Lipinski definition) is 1. The van der Waals surface area contributed by atoms with Crippen LogP contribution in [0.1, 0.15) is 24.1 Å². The molecule has 2 saturated heterocycles. The first-order valence-electron chi connectivity index (χ1n) is 10.2. The minimum absolute atomic E-state index is 0.702. The van der Waals surface area contributed by atoms with E-state index < -0.39 is 0 Å². The summed E-state index contributed by atoms with van der Waals surface area (Å²) in [6.07, 6.45) is 4.97. The molecule has 2 atom stereocenters. The average molecular weight is 359 g/mol. The minimum Gasteiger partial charge on any atom is -0.358 e. The van der Waals surface area contributed by atoms with Gasteiger partial charge in [-0.05, 0) is 62.6 Å². The number of hydrogen-bond acceptors (Lipinski definition) is 4. The Bertz CT molecular complexity index is 1010. The van der Waals surface area contributed by atoms with Gasteiger partial charge in [0.05, 0.1) is 5.69 Å². The lowest BCUT2D eigenvalue weighted by Gasteiger charge is -2.40. The summed E-state index contributed by atoms with van der Waals surface area (Å²) >= 11 is 0. The van der Waals surface area contributed by atoms with Gasteiger partial charge in [0.25, 0.3) is 0 Å². The van der Waals surface area contributed by atoms with Gasteiger partial charge in [-0.1, -0.05) is 6.07 Å². The largest absolute Gasteiger partial charge is 0.358 e. The second-order valence-electron chi connectivity index (χ2n) is 8.50. The molecule has 1 aromatic carbocycles. The molecule has 3 aliphatic rings. The maximum atomic E-state index is 4.57. The van der Waals surface area contributed by atoms with Crippen molar-refractivity contribution in [2.24, 2.45) is 5.92 Å². The number of anilines is 1. The van der Waals surface area contributed by atoms with E-state index in [2.05, 4.69) is 62.4 Å². The van der Waals surface area contributed by atoms with Crippen molar-refractivity contribution in [2.75, 3.05) is 31.6 Å². The van der Waals surface area contributed by atoms with E-state index in [9.17, 15) is 0 Å². The van der Waals surface area contributed by atoms with E-state index in [-0.39, 0.29) is 0 Å². The van der Waals surface area contributed by atoms with Crippen molar-refractivity contribution in [2.45, 2.75) is 31.7 Å². The van der Waals surface area contributed by atoms with Gasteiger partial charge in [0, 0.05) is 53.8 Å². The third-order valence-corrected chi connectivity index (χ3v) is 6.86. The molecular weight excluding hydrogens is 334 g/mol. The van der Waals surface area contributed by atoms with Crippen LogP contribution in [0.25, 0.3) is 22.2 Å².